The monoisotopic (exact) mass is 549 g/mol. The van der Waals surface area contributed by atoms with E-state index in [1.165, 1.54) is 115 Å². The molecule has 3 aromatic heterocycles. The highest BCUT2D eigenvalue weighted by Crippen LogP contribution is 2.47. The zero-order valence-electron chi connectivity index (χ0n) is 23.3. The Balaban J connectivity index is 1.39. The molecule has 0 amide bonds. The van der Waals surface area contributed by atoms with Gasteiger partial charge >= 0.3 is 0 Å². The van der Waals surface area contributed by atoms with Crippen LogP contribution in [0.15, 0.2) is 78.9 Å². The van der Waals surface area contributed by atoms with Crippen molar-refractivity contribution >= 4 is 55.3 Å². The van der Waals surface area contributed by atoms with Crippen LogP contribution in [0, 0.1) is 0 Å². The highest BCUT2D eigenvalue weighted by atomic mass is 32.1. The number of thiophene rings is 2. The quantitative estimate of drug-likeness (QED) is 0.134. The first kappa shape index (κ1) is 26.3. The lowest BCUT2D eigenvalue weighted by Crippen LogP contribution is -1.97. The summed E-state index contributed by atoms with van der Waals surface area (Å²) in [6.07, 6.45) is 11.6. The van der Waals surface area contributed by atoms with Crippen molar-refractivity contribution in [3.8, 4) is 20.2 Å². The van der Waals surface area contributed by atoms with Crippen molar-refractivity contribution in [2.75, 3.05) is 0 Å². The highest BCUT2D eigenvalue weighted by molar-refractivity contribution is 7.25. The first-order chi connectivity index (χ1) is 19.3. The van der Waals surface area contributed by atoms with E-state index in [1.54, 1.807) is 0 Å². The third-order valence-corrected chi connectivity index (χ3v) is 10.6. The van der Waals surface area contributed by atoms with E-state index in [-0.39, 0.29) is 0 Å². The summed E-state index contributed by atoms with van der Waals surface area (Å²) in [7, 11) is 0. The molecule has 0 atom stereocenters. The summed E-state index contributed by atoms with van der Waals surface area (Å²) in [6.45, 7) is 5.66. The Morgan fingerprint density at radius 1 is 0.564 bits per heavy atom. The third kappa shape index (κ3) is 5.32. The Hall–Kier alpha value is -2.88. The van der Waals surface area contributed by atoms with Gasteiger partial charge in [0.05, 0.1) is 4.88 Å². The molecule has 39 heavy (non-hydrogen) atoms. The second-order valence-corrected chi connectivity index (χ2v) is 13.0. The molecular weight excluding hydrogens is 511 g/mol. The van der Waals surface area contributed by atoms with Crippen LogP contribution in [-0.4, -0.2) is 4.57 Å². The maximum atomic E-state index is 2.55. The van der Waals surface area contributed by atoms with Gasteiger partial charge in [-0.1, -0.05) is 101 Å². The van der Waals surface area contributed by atoms with Gasteiger partial charge in [-0.2, -0.15) is 0 Å². The van der Waals surface area contributed by atoms with Crippen molar-refractivity contribution in [1.29, 1.82) is 0 Å². The lowest BCUT2D eigenvalue weighted by Gasteiger charge is -2.08. The fraction of sp³-hybridized carbons (Fsp3) is 0.333. The predicted molar refractivity (Wildman–Crippen MR) is 176 cm³/mol. The standard InChI is InChI=1S/C36H39NS2/c1-3-5-7-9-15-27-21-23-34(38-27)36-30-18-11-10-17-29(30)35(39-36)26-20-22-33-31(25-26)28-16-12-13-19-32(28)37(33)24-14-8-6-4-2/h10-13,16-23,25H,3-9,14-15,24H2,1-2H3. The normalized spacial score (nSPS) is 11.8. The van der Waals surface area contributed by atoms with Gasteiger partial charge in [0.2, 0.25) is 0 Å². The minimum Gasteiger partial charge on any atom is -0.340 e. The summed E-state index contributed by atoms with van der Waals surface area (Å²) in [5.41, 5.74) is 4.06. The SMILES string of the molecule is CCCCCCc1ccc(-c2sc(-c3ccc4c(c3)c3ccccc3n4CCCCCC)c3ccccc23)s1. The molecule has 3 heteroatoms. The van der Waals surface area contributed by atoms with E-state index in [1.807, 2.05) is 22.7 Å². The lowest BCUT2D eigenvalue weighted by atomic mass is 10.0. The van der Waals surface area contributed by atoms with Crippen molar-refractivity contribution in [2.24, 2.45) is 0 Å². The number of para-hydroxylation sites is 1. The molecule has 0 N–H and O–H groups in total. The smallest absolute Gasteiger partial charge is 0.0527 e. The van der Waals surface area contributed by atoms with E-state index in [4.69, 9.17) is 0 Å². The fourth-order valence-corrected chi connectivity index (χ4v) is 8.43. The molecule has 0 bridgehead atoms. The van der Waals surface area contributed by atoms with Crippen LogP contribution in [0.4, 0.5) is 0 Å². The number of rotatable bonds is 12. The molecule has 6 rings (SSSR count). The van der Waals surface area contributed by atoms with Gasteiger partial charge in [0.25, 0.3) is 0 Å². The van der Waals surface area contributed by atoms with Crippen molar-refractivity contribution in [3.63, 3.8) is 0 Å². The summed E-state index contributed by atoms with van der Waals surface area (Å²) in [4.78, 5) is 5.75. The van der Waals surface area contributed by atoms with E-state index in [2.05, 4.69) is 97.3 Å². The van der Waals surface area contributed by atoms with Crippen molar-refractivity contribution in [3.05, 3.63) is 83.7 Å². The maximum Gasteiger partial charge on any atom is 0.0527 e. The summed E-state index contributed by atoms with van der Waals surface area (Å²) in [5.74, 6) is 0. The fourth-order valence-electron chi connectivity index (χ4n) is 5.98. The molecule has 0 aliphatic rings. The molecule has 0 aliphatic carbocycles. The second kappa shape index (κ2) is 12.1. The largest absolute Gasteiger partial charge is 0.340 e. The van der Waals surface area contributed by atoms with E-state index < -0.39 is 0 Å². The number of unbranched alkanes of at least 4 members (excludes halogenated alkanes) is 6. The number of aryl methyl sites for hydroxylation is 2. The zero-order valence-corrected chi connectivity index (χ0v) is 25.0. The molecular formula is C36H39NS2. The molecule has 6 aromatic rings. The maximum absolute atomic E-state index is 2.55. The number of aromatic nitrogens is 1. The molecule has 3 aromatic carbocycles. The van der Waals surface area contributed by atoms with Crippen LogP contribution >= 0.6 is 22.7 Å². The van der Waals surface area contributed by atoms with Crippen LogP contribution < -0.4 is 0 Å². The first-order valence-electron chi connectivity index (χ1n) is 14.9. The molecule has 200 valence electrons. The van der Waals surface area contributed by atoms with Gasteiger partial charge < -0.3 is 4.57 Å². The third-order valence-electron chi connectivity index (χ3n) is 8.05. The Labute approximate surface area is 241 Å². The molecule has 1 nitrogen and oxygen atoms in total. The van der Waals surface area contributed by atoms with Crippen LogP contribution in [0.2, 0.25) is 0 Å². The van der Waals surface area contributed by atoms with Gasteiger partial charge in [-0.15, -0.1) is 22.7 Å². The molecule has 3 heterocycles. The molecule has 0 aliphatic heterocycles. The summed E-state index contributed by atoms with van der Waals surface area (Å²) in [5, 5.41) is 5.51. The van der Waals surface area contributed by atoms with Gasteiger partial charge in [0.1, 0.15) is 0 Å². The van der Waals surface area contributed by atoms with E-state index >= 15 is 0 Å². The van der Waals surface area contributed by atoms with Gasteiger partial charge in [-0.25, -0.2) is 0 Å². The van der Waals surface area contributed by atoms with Crippen molar-refractivity contribution in [2.45, 2.75) is 78.2 Å². The molecule has 0 saturated heterocycles. The van der Waals surface area contributed by atoms with Gasteiger partial charge in [0, 0.05) is 53.8 Å². The van der Waals surface area contributed by atoms with Crippen LogP contribution in [0.5, 0.6) is 0 Å². The zero-order chi connectivity index (χ0) is 26.6. The van der Waals surface area contributed by atoms with Crippen molar-refractivity contribution in [1.82, 2.24) is 4.57 Å². The molecule has 0 fully saturated rings. The summed E-state index contributed by atoms with van der Waals surface area (Å²) < 4.78 is 2.55. The highest BCUT2D eigenvalue weighted by Gasteiger charge is 2.17. The minimum atomic E-state index is 1.09. The molecule has 0 saturated carbocycles. The Bertz CT molecular complexity index is 1700. The van der Waals surface area contributed by atoms with Crippen molar-refractivity contribution < 1.29 is 0 Å². The molecule has 0 spiro atoms. The second-order valence-electron chi connectivity index (χ2n) is 10.8. The summed E-state index contributed by atoms with van der Waals surface area (Å²) in [6, 6.07) is 29.9. The van der Waals surface area contributed by atoms with Gasteiger partial charge in [0.15, 0.2) is 0 Å². The van der Waals surface area contributed by atoms with Gasteiger partial charge in [-0.3, -0.25) is 0 Å². The Morgan fingerprint density at radius 2 is 1.26 bits per heavy atom. The number of nitrogens with zero attached hydrogens (tertiary/aromatic N) is 1. The number of benzene rings is 3. The van der Waals surface area contributed by atoms with Crippen LogP contribution in [0.25, 0.3) is 52.8 Å². The average molecular weight is 550 g/mol. The van der Waals surface area contributed by atoms with Crippen LogP contribution in [-0.2, 0) is 13.0 Å². The van der Waals surface area contributed by atoms with E-state index in [9.17, 15) is 0 Å². The molecule has 0 radical (unpaired) electrons. The van der Waals surface area contributed by atoms with E-state index in [0.717, 1.165) is 6.54 Å². The Kier molecular flexibility index (Phi) is 8.18. The summed E-state index contributed by atoms with van der Waals surface area (Å²) >= 11 is 3.96. The Morgan fingerprint density at radius 3 is 2.05 bits per heavy atom. The number of hydrogen-bond donors (Lipinski definition) is 0. The topological polar surface area (TPSA) is 4.93 Å². The molecule has 0 unspecified atom stereocenters. The van der Waals surface area contributed by atoms with Crippen LogP contribution in [0.3, 0.4) is 0 Å². The predicted octanol–water partition coefficient (Wildman–Crippen LogP) is 12.1. The van der Waals surface area contributed by atoms with E-state index in [0.29, 0.717) is 0 Å². The first-order valence-corrected chi connectivity index (χ1v) is 16.5. The number of hydrogen-bond acceptors (Lipinski definition) is 2. The number of fused-ring (bicyclic) bond motifs is 4. The minimum absolute atomic E-state index is 1.09. The lowest BCUT2D eigenvalue weighted by molar-refractivity contribution is 0.602. The van der Waals surface area contributed by atoms with Crippen LogP contribution in [0.1, 0.15) is 70.1 Å². The van der Waals surface area contributed by atoms with Gasteiger partial charge in [-0.05, 0) is 55.2 Å². The average Bonchev–Trinajstić information content (AvgIpc) is 3.68.